The van der Waals surface area contributed by atoms with E-state index in [-0.39, 0.29) is 12.5 Å². The minimum atomic E-state index is -0.552. The van der Waals surface area contributed by atoms with Crippen LogP contribution in [0.1, 0.15) is 30.6 Å². The van der Waals surface area contributed by atoms with E-state index >= 15 is 0 Å². The fraction of sp³-hybridized carbons (Fsp3) is 0.429. The third kappa shape index (κ3) is 2.67. The maximum absolute atomic E-state index is 12.4. The van der Waals surface area contributed by atoms with E-state index in [4.69, 9.17) is 5.11 Å². The van der Waals surface area contributed by atoms with Crippen molar-refractivity contribution in [2.24, 2.45) is 0 Å². The summed E-state index contributed by atoms with van der Waals surface area (Å²) >= 11 is 1.48. The van der Waals surface area contributed by atoms with Crippen LogP contribution in [0.2, 0.25) is 0 Å². The smallest absolute Gasteiger partial charge is 0.243 e. The molecule has 1 aromatic carbocycles. The lowest BCUT2D eigenvalue weighted by molar-refractivity contribution is -0.120. The Hall–Kier alpha value is -1.33. The van der Waals surface area contributed by atoms with Gasteiger partial charge < -0.3 is 10.0 Å². The molecule has 5 heteroatoms. The highest BCUT2D eigenvalue weighted by Crippen LogP contribution is 2.45. The number of nitrogens with zero attached hydrogens (tertiary/aromatic N) is 1. The van der Waals surface area contributed by atoms with E-state index in [1.54, 1.807) is 17.0 Å². The van der Waals surface area contributed by atoms with Crippen LogP contribution in [0.3, 0.4) is 0 Å². The molecule has 1 aliphatic heterocycles. The summed E-state index contributed by atoms with van der Waals surface area (Å²) in [7, 11) is 0. The van der Waals surface area contributed by atoms with Crippen molar-refractivity contribution in [3.8, 4) is 0 Å². The summed E-state index contributed by atoms with van der Waals surface area (Å²) in [6.45, 7) is 4.30. The lowest BCUT2D eigenvalue weighted by Crippen LogP contribution is -2.47. The van der Waals surface area contributed by atoms with Crippen molar-refractivity contribution in [1.29, 1.82) is 0 Å². The number of fused-ring (bicyclic) bond motifs is 1. The van der Waals surface area contributed by atoms with E-state index < -0.39 is 4.75 Å². The molecule has 0 saturated heterocycles. The van der Waals surface area contributed by atoms with Crippen molar-refractivity contribution in [2.45, 2.75) is 29.9 Å². The highest BCUT2D eigenvalue weighted by molar-refractivity contribution is 8.01. The summed E-state index contributed by atoms with van der Waals surface area (Å²) < 4.78 is -0.552. The number of aliphatic hydroxyl groups is 1. The Bertz CT molecular complexity index is 513. The molecule has 1 aromatic rings. The maximum Gasteiger partial charge on any atom is 0.243 e. The van der Waals surface area contributed by atoms with Crippen LogP contribution in [-0.4, -0.2) is 35.2 Å². The van der Waals surface area contributed by atoms with Gasteiger partial charge in [0, 0.05) is 23.6 Å². The fourth-order valence-corrected chi connectivity index (χ4v) is 3.34. The van der Waals surface area contributed by atoms with Crippen LogP contribution in [0.15, 0.2) is 23.1 Å². The molecular weight excluding hydrogens is 262 g/mol. The second kappa shape index (κ2) is 5.35. The molecule has 102 valence electrons. The molecule has 0 bridgehead atoms. The Morgan fingerprint density at radius 2 is 2.16 bits per heavy atom. The molecule has 1 aliphatic rings. The van der Waals surface area contributed by atoms with Gasteiger partial charge in [-0.05, 0) is 38.5 Å². The van der Waals surface area contributed by atoms with Gasteiger partial charge in [-0.15, -0.1) is 11.8 Å². The monoisotopic (exact) mass is 279 g/mol. The normalized spacial score (nSPS) is 17.2. The molecule has 19 heavy (non-hydrogen) atoms. The fourth-order valence-electron chi connectivity index (χ4n) is 2.11. The number of aliphatic hydroxyl groups excluding tert-OH is 1. The van der Waals surface area contributed by atoms with Crippen LogP contribution in [0.25, 0.3) is 0 Å². The number of hydrogen-bond donors (Lipinski definition) is 1. The van der Waals surface area contributed by atoms with Gasteiger partial charge >= 0.3 is 0 Å². The van der Waals surface area contributed by atoms with E-state index in [0.29, 0.717) is 18.5 Å². The standard InChI is InChI=1S/C14H17NO3S/c1-14(2)13(18)15(6-3-7-16)11-5-4-10(9-17)8-12(11)19-14/h4-5,8-9,16H,3,6-7H2,1-2H3. The highest BCUT2D eigenvalue weighted by Gasteiger charge is 2.39. The first kappa shape index (κ1) is 14.1. The molecule has 2 rings (SSSR count). The minimum absolute atomic E-state index is 0.0392. The Labute approximate surface area is 116 Å². The number of hydrogen-bond acceptors (Lipinski definition) is 4. The van der Waals surface area contributed by atoms with Gasteiger partial charge in [-0.2, -0.15) is 0 Å². The van der Waals surface area contributed by atoms with Crippen LogP contribution in [0.5, 0.6) is 0 Å². The van der Waals surface area contributed by atoms with E-state index in [1.807, 2.05) is 19.9 Å². The lowest BCUT2D eigenvalue weighted by Gasteiger charge is -2.38. The molecule has 1 heterocycles. The first-order valence-corrected chi connectivity index (χ1v) is 7.02. The van der Waals surface area contributed by atoms with E-state index in [0.717, 1.165) is 16.9 Å². The number of carbonyl (C=O) groups is 2. The first-order valence-electron chi connectivity index (χ1n) is 6.20. The lowest BCUT2D eigenvalue weighted by atomic mass is 10.1. The second-order valence-electron chi connectivity index (χ2n) is 4.99. The van der Waals surface area contributed by atoms with Crippen molar-refractivity contribution < 1.29 is 14.7 Å². The zero-order valence-electron chi connectivity index (χ0n) is 11.0. The largest absolute Gasteiger partial charge is 0.396 e. The van der Waals surface area contributed by atoms with E-state index in [1.165, 1.54) is 11.8 Å². The van der Waals surface area contributed by atoms with Gasteiger partial charge in [-0.25, -0.2) is 0 Å². The first-order chi connectivity index (χ1) is 8.99. The number of benzene rings is 1. The SMILES string of the molecule is CC1(C)Sc2cc(C=O)ccc2N(CCCO)C1=O. The zero-order valence-corrected chi connectivity index (χ0v) is 11.9. The summed E-state index contributed by atoms with van der Waals surface area (Å²) in [4.78, 5) is 25.9. The predicted molar refractivity (Wildman–Crippen MR) is 75.8 cm³/mol. The topological polar surface area (TPSA) is 57.6 Å². The summed E-state index contributed by atoms with van der Waals surface area (Å²) in [6.07, 6.45) is 1.35. The number of rotatable bonds is 4. The number of thioether (sulfide) groups is 1. The van der Waals surface area contributed by atoms with Crippen LogP contribution in [-0.2, 0) is 4.79 Å². The average Bonchev–Trinajstić information content (AvgIpc) is 2.38. The minimum Gasteiger partial charge on any atom is -0.396 e. The van der Waals surface area contributed by atoms with Crippen LogP contribution in [0.4, 0.5) is 5.69 Å². The molecule has 0 fully saturated rings. The maximum atomic E-state index is 12.4. The number of amides is 1. The summed E-state index contributed by atoms with van der Waals surface area (Å²) in [6, 6.07) is 5.33. The van der Waals surface area contributed by atoms with Crippen LogP contribution < -0.4 is 4.90 Å². The van der Waals surface area contributed by atoms with Crippen molar-refractivity contribution >= 4 is 29.6 Å². The Morgan fingerprint density at radius 1 is 1.42 bits per heavy atom. The molecule has 0 spiro atoms. The molecular formula is C14H17NO3S. The van der Waals surface area contributed by atoms with Crippen LogP contribution >= 0.6 is 11.8 Å². The molecule has 0 aromatic heterocycles. The van der Waals surface area contributed by atoms with Crippen molar-refractivity contribution in [3.05, 3.63) is 23.8 Å². The molecule has 0 radical (unpaired) electrons. The van der Waals surface area contributed by atoms with Gasteiger partial charge in [0.25, 0.3) is 0 Å². The van der Waals surface area contributed by atoms with Gasteiger partial charge in [0.1, 0.15) is 6.29 Å². The predicted octanol–water partition coefficient (Wildman–Crippen LogP) is 2.10. The Balaban J connectivity index is 2.44. The molecule has 4 nitrogen and oxygen atoms in total. The quantitative estimate of drug-likeness (QED) is 0.858. The third-order valence-corrected chi connectivity index (χ3v) is 4.31. The van der Waals surface area contributed by atoms with Gasteiger partial charge in [-0.3, -0.25) is 9.59 Å². The Morgan fingerprint density at radius 3 is 2.79 bits per heavy atom. The number of anilines is 1. The molecule has 0 aliphatic carbocycles. The zero-order chi connectivity index (χ0) is 14.0. The summed E-state index contributed by atoms with van der Waals surface area (Å²) in [5, 5.41) is 8.95. The third-order valence-electron chi connectivity index (χ3n) is 3.08. The van der Waals surface area contributed by atoms with Crippen molar-refractivity contribution in [3.63, 3.8) is 0 Å². The van der Waals surface area contributed by atoms with Crippen LogP contribution in [0, 0.1) is 0 Å². The number of aldehydes is 1. The van der Waals surface area contributed by atoms with Crippen molar-refractivity contribution in [1.82, 2.24) is 0 Å². The molecule has 1 amide bonds. The molecule has 0 atom stereocenters. The second-order valence-corrected chi connectivity index (χ2v) is 6.66. The van der Waals surface area contributed by atoms with E-state index in [9.17, 15) is 9.59 Å². The molecule has 0 saturated carbocycles. The van der Waals surface area contributed by atoms with Gasteiger partial charge in [-0.1, -0.05) is 0 Å². The van der Waals surface area contributed by atoms with E-state index in [2.05, 4.69) is 0 Å². The molecule has 1 N–H and O–H groups in total. The highest BCUT2D eigenvalue weighted by atomic mass is 32.2. The Kier molecular flexibility index (Phi) is 3.96. The summed E-state index contributed by atoms with van der Waals surface area (Å²) in [5.41, 5.74) is 1.44. The van der Waals surface area contributed by atoms with Crippen molar-refractivity contribution in [2.75, 3.05) is 18.1 Å². The average molecular weight is 279 g/mol. The summed E-state index contributed by atoms with van der Waals surface area (Å²) in [5.74, 6) is 0.0392. The van der Waals surface area contributed by atoms with Gasteiger partial charge in [0.15, 0.2) is 0 Å². The molecule has 0 unspecified atom stereocenters. The van der Waals surface area contributed by atoms with Gasteiger partial charge in [0.2, 0.25) is 5.91 Å². The van der Waals surface area contributed by atoms with Gasteiger partial charge in [0.05, 0.1) is 10.4 Å². The number of carbonyl (C=O) groups excluding carboxylic acids is 2.